The molecule has 0 amide bonds. The van der Waals surface area contributed by atoms with E-state index in [0.29, 0.717) is 12.1 Å². The predicted molar refractivity (Wildman–Crippen MR) is 56.9 cm³/mol. The maximum Gasteiger partial charge on any atom is 0.0589 e. The molecule has 0 unspecified atom stereocenters. The van der Waals surface area contributed by atoms with Gasteiger partial charge in [-0.3, -0.25) is 0 Å². The van der Waals surface area contributed by atoms with Crippen molar-refractivity contribution < 1.29 is 4.74 Å². The topological polar surface area (TPSA) is 38.5 Å². The first-order valence-electron chi connectivity index (χ1n) is 5.02. The van der Waals surface area contributed by atoms with E-state index < -0.39 is 0 Å². The highest BCUT2D eigenvalue weighted by Gasteiger charge is 2.08. The molecule has 0 aliphatic carbocycles. The van der Waals surface area contributed by atoms with Crippen molar-refractivity contribution in [1.82, 2.24) is 4.90 Å². The Balaban J connectivity index is 3.50. The van der Waals surface area contributed by atoms with Crippen molar-refractivity contribution in [2.45, 2.75) is 38.8 Å². The number of hydrogen-bond donors (Lipinski definition) is 1. The Kier molecular flexibility index (Phi) is 7.23. The molecule has 0 saturated heterocycles. The smallest absolute Gasteiger partial charge is 0.0589 e. The molecule has 0 aliphatic rings. The highest BCUT2D eigenvalue weighted by Crippen LogP contribution is 2.05. The van der Waals surface area contributed by atoms with Crippen molar-refractivity contribution in [2.24, 2.45) is 5.73 Å². The Morgan fingerprint density at radius 1 is 1.31 bits per heavy atom. The molecule has 0 rings (SSSR count). The lowest BCUT2D eigenvalue weighted by molar-refractivity contribution is 0.139. The van der Waals surface area contributed by atoms with Crippen LogP contribution < -0.4 is 5.73 Å². The van der Waals surface area contributed by atoms with Crippen LogP contribution in [-0.4, -0.2) is 44.3 Å². The van der Waals surface area contributed by atoms with Crippen LogP contribution in [0.15, 0.2) is 0 Å². The van der Waals surface area contributed by atoms with Crippen LogP contribution in [0.5, 0.6) is 0 Å². The summed E-state index contributed by atoms with van der Waals surface area (Å²) < 4.78 is 5.02. The van der Waals surface area contributed by atoms with Gasteiger partial charge in [-0.25, -0.2) is 0 Å². The lowest BCUT2D eigenvalue weighted by Crippen LogP contribution is -2.33. The number of methoxy groups -OCH3 is 1. The van der Waals surface area contributed by atoms with E-state index in [-0.39, 0.29) is 0 Å². The van der Waals surface area contributed by atoms with Gasteiger partial charge in [0.1, 0.15) is 0 Å². The van der Waals surface area contributed by atoms with Gasteiger partial charge in [0.15, 0.2) is 0 Å². The van der Waals surface area contributed by atoms with Crippen molar-refractivity contribution in [3.8, 4) is 0 Å². The Hall–Kier alpha value is -0.120. The number of ether oxygens (including phenoxy) is 1. The maximum atomic E-state index is 5.70. The monoisotopic (exact) mass is 188 g/mol. The average Bonchev–Trinajstić information content (AvgIpc) is 2.10. The number of nitrogens with zero attached hydrogens (tertiary/aromatic N) is 1. The molecule has 2 atom stereocenters. The quantitative estimate of drug-likeness (QED) is 0.650. The summed E-state index contributed by atoms with van der Waals surface area (Å²) >= 11 is 0. The van der Waals surface area contributed by atoms with Gasteiger partial charge in [-0.2, -0.15) is 0 Å². The third kappa shape index (κ3) is 6.99. The van der Waals surface area contributed by atoms with Crippen LogP contribution >= 0.6 is 0 Å². The summed E-state index contributed by atoms with van der Waals surface area (Å²) in [7, 11) is 3.87. The summed E-state index contributed by atoms with van der Waals surface area (Å²) in [6, 6.07) is 0.916. The van der Waals surface area contributed by atoms with Crippen molar-refractivity contribution in [3.05, 3.63) is 0 Å². The van der Waals surface area contributed by atoms with E-state index in [0.717, 1.165) is 26.0 Å². The molecule has 0 heterocycles. The van der Waals surface area contributed by atoms with Crippen LogP contribution in [-0.2, 0) is 4.74 Å². The van der Waals surface area contributed by atoms with Gasteiger partial charge < -0.3 is 15.4 Å². The van der Waals surface area contributed by atoms with Crippen LogP contribution in [0.25, 0.3) is 0 Å². The SMILES string of the molecule is COCCN(C)[C@@H](C)CC[C@H](C)N. The molecule has 0 aromatic rings. The van der Waals surface area contributed by atoms with Crippen LogP contribution in [0.2, 0.25) is 0 Å². The van der Waals surface area contributed by atoms with Gasteiger partial charge in [0.2, 0.25) is 0 Å². The summed E-state index contributed by atoms with van der Waals surface area (Å²) in [6.45, 7) is 6.09. The Labute approximate surface area is 82.2 Å². The van der Waals surface area contributed by atoms with Crippen LogP contribution in [0, 0.1) is 0 Å². The molecule has 13 heavy (non-hydrogen) atoms. The maximum absolute atomic E-state index is 5.70. The lowest BCUT2D eigenvalue weighted by Gasteiger charge is -2.24. The number of nitrogens with two attached hydrogens (primary N) is 1. The van der Waals surface area contributed by atoms with Crippen molar-refractivity contribution in [3.63, 3.8) is 0 Å². The van der Waals surface area contributed by atoms with Crippen molar-refractivity contribution in [1.29, 1.82) is 0 Å². The van der Waals surface area contributed by atoms with Gasteiger partial charge in [-0.15, -0.1) is 0 Å². The molecule has 0 saturated carbocycles. The van der Waals surface area contributed by atoms with Gasteiger partial charge in [-0.1, -0.05) is 0 Å². The first-order valence-corrected chi connectivity index (χ1v) is 5.02. The molecule has 0 aromatic carbocycles. The van der Waals surface area contributed by atoms with Gasteiger partial charge in [0.25, 0.3) is 0 Å². The van der Waals surface area contributed by atoms with Crippen molar-refractivity contribution in [2.75, 3.05) is 27.3 Å². The van der Waals surface area contributed by atoms with Gasteiger partial charge in [0.05, 0.1) is 6.61 Å². The normalized spacial score (nSPS) is 16.2. The van der Waals surface area contributed by atoms with Gasteiger partial charge >= 0.3 is 0 Å². The second-order valence-electron chi connectivity index (χ2n) is 3.88. The highest BCUT2D eigenvalue weighted by atomic mass is 16.5. The Morgan fingerprint density at radius 2 is 1.92 bits per heavy atom. The van der Waals surface area contributed by atoms with E-state index in [1.54, 1.807) is 7.11 Å². The number of rotatable bonds is 7. The van der Waals surface area contributed by atoms with E-state index in [9.17, 15) is 0 Å². The second-order valence-corrected chi connectivity index (χ2v) is 3.88. The van der Waals surface area contributed by atoms with Crippen LogP contribution in [0.3, 0.4) is 0 Å². The van der Waals surface area contributed by atoms with Crippen LogP contribution in [0.4, 0.5) is 0 Å². The zero-order chi connectivity index (χ0) is 10.3. The third-order valence-corrected chi connectivity index (χ3v) is 2.44. The molecule has 2 N–H and O–H groups in total. The third-order valence-electron chi connectivity index (χ3n) is 2.44. The molecule has 0 fully saturated rings. The summed E-state index contributed by atoms with van der Waals surface area (Å²) in [5.41, 5.74) is 5.70. The lowest BCUT2D eigenvalue weighted by atomic mass is 10.1. The zero-order valence-corrected chi connectivity index (χ0v) is 9.42. The van der Waals surface area contributed by atoms with E-state index in [2.05, 4.69) is 25.8 Å². The van der Waals surface area contributed by atoms with Crippen molar-refractivity contribution >= 4 is 0 Å². The summed E-state index contributed by atoms with van der Waals surface area (Å²) in [6.07, 6.45) is 2.26. The minimum absolute atomic E-state index is 0.318. The summed E-state index contributed by atoms with van der Waals surface area (Å²) in [4.78, 5) is 2.31. The molecule has 0 aromatic heterocycles. The molecular weight excluding hydrogens is 164 g/mol. The average molecular weight is 188 g/mol. The molecule has 0 bridgehead atoms. The largest absolute Gasteiger partial charge is 0.383 e. The first kappa shape index (κ1) is 12.9. The zero-order valence-electron chi connectivity index (χ0n) is 9.42. The van der Waals surface area contributed by atoms with E-state index in [1.807, 2.05) is 0 Å². The second kappa shape index (κ2) is 7.30. The summed E-state index contributed by atoms with van der Waals surface area (Å²) in [5.74, 6) is 0. The molecule has 3 heteroatoms. The Morgan fingerprint density at radius 3 is 2.38 bits per heavy atom. The number of hydrogen-bond acceptors (Lipinski definition) is 3. The molecule has 0 spiro atoms. The molecule has 80 valence electrons. The van der Waals surface area contributed by atoms with Gasteiger partial charge in [-0.05, 0) is 33.7 Å². The number of likely N-dealkylation sites (N-methyl/N-ethyl adjacent to an activating group) is 1. The van der Waals surface area contributed by atoms with Gasteiger partial charge in [0, 0.05) is 25.7 Å². The predicted octanol–water partition coefficient (Wildman–Crippen LogP) is 1.08. The van der Waals surface area contributed by atoms with E-state index >= 15 is 0 Å². The van der Waals surface area contributed by atoms with Crippen LogP contribution in [0.1, 0.15) is 26.7 Å². The summed E-state index contributed by atoms with van der Waals surface area (Å²) in [5, 5.41) is 0. The van der Waals surface area contributed by atoms with E-state index in [1.165, 1.54) is 0 Å². The fourth-order valence-corrected chi connectivity index (χ4v) is 1.18. The minimum Gasteiger partial charge on any atom is -0.383 e. The fourth-order valence-electron chi connectivity index (χ4n) is 1.18. The molecule has 3 nitrogen and oxygen atoms in total. The standard InChI is InChI=1S/C10H24N2O/c1-9(11)5-6-10(2)12(3)7-8-13-4/h9-10H,5-8,11H2,1-4H3/t9-,10-/m0/s1. The molecular formula is C10H24N2O. The molecule has 0 aliphatic heterocycles. The molecule has 0 radical (unpaired) electrons. The fraction of sp³-hybridized carbons (Fsp3) is 1.00. The highest BCUT2D eigenvalue weighted by molar-refractivity contribution is 4.65. The minimum atomic E-state index is 0.318. The first-order chi connectivity index (χ1) is 6.07. The Bertz CT molecular complexity index is 117. The van der Waals surface area contributed by atoms with E-state index in [4.69, 9.17) is 10.5 Å².